The van der Waals surface area contributed by atoms with Crippen LogP contribution < -0.4 is 4.74 Å². The van der Waals surface area contributed by atoms with Crippen LogP contribution in [0.3, 0.4) is 0 Å². The Balaban J connectivity index is 1.29. The molecular weight excluding hydrogens is 388 g/mol. The third-order valence-electron chi connectivity index (χ3n) is 5.19. The molecule has 1 aliphatic heterocycles. The highest BCUT2D eigenvalue weighted by Crippen LogP contribution is 2.22. The second kappa shape index (κ2) is 9.09. The number of nitrogens with zero attached hydrogens (tertiary/aromatic N) is 4. The molecule has 1 saturated heterocycles. The number of benzene rings is 2. The number of piperidine rings is 1. The molecule has 0 unspecified atom stereocenters. The number of ether oxygens (including phenoxy) is 1. The molecule has 4 rings (SSSR count). The van der Waals surface area contributed by atoms with Crippen molar-refractivity contribution in [2.24, 2.45) is 5.92 Å². The maximum Gasteiger partial charge on any atom is 0.253 e. The summed E-state index contributed by atoms with van der Waals surface area (Å²) in [7, 11) is 0. The lowest BCUT2D eigenvalue weighted by molar-refractivity contribution is 0.0661. The fourth-order valence-corrected chi connectivity index (χ4v) is 3.66. The fraction of sp³-hybridized carbons (Fsp3) is 0.318. The topological polar surface area (TPSA) is 60.2 Å². The number of hydrogen-bond acceptors (Lipinski definition) is 4. The van der Waals surface area contributed by atoms with Gasteiger partial charge in [-0.05, 0) is 60.7 Å². The first-order valence-electron chi connectivity index (χ1n) is 9.76. The normalized spacial score (nSPS) is 14.7. The van der Waals surface area contributed by atoms with Crippen LogP contribution in [0, 0.1) is 5.92 Å². The van der Waals surface area contributed by atoms with Crippen LogP contribution in [0.1, 0.15) is 28.8 Å². The van der Waals surface area contributed by atoms with Crippen LogP contribution in [0.25, 0.3) is 0 Å². The molecule has 29 heavy (non-hydrogen) atoms. The maximum absolute atomic E-state index is 12.9. The molecule has 7 heteroatoms. The first kappa shape index (κ1) is 19.5. The van der Waals surface area contributed by atoms with Crippen LogP contribution in [-0.4, -0.2) is 45.3 Å². The van der Waals surface area contributed by atoms with E-state index in [4.69, 9.17) is 16.3 Å². The van der Waals surface area contributed by atoms with Crippen molar-refractivity contribution in [3.63, 3.8) is 0 Å². The highest BCUT2D eigenvalue weighted by Gasteiger charge is 2.24. The van der Waals surface area contributed by atoms with Crippen LogP contribution in [-0.2, 0) is 6.54 Å². The van der Waals surface area contributed by atoms with Crippen LogP contribution >= 0.6 is 11.6 Å². The van der Waals surface area contributed by atoms with Crippen molar-refractivity contribution >= 4 is 17.5 Å². The van der Waals surface area contributed by atoms with Crippen LogP contribution in [0.2, 0.25) is 5.02 Å². The summed E-state index contributed by atoms with van der Waals surface area (Å²) in [6, 6.07) is 15.2. The molecule has 0 aliphatic carbocycles. The Hall–Kier alpha value is -2.86. The van der Waals surface area contributed by atoms with E-state index in [1.54, 1.807) is 11.0 Å². The zero-order chi connectivity index (χ0) is 20.1. The second-order valence-corrected chi connectivity index (χ2v) is 7.73. The molecular formula is C22H23ClN4O2. The van der Waals surface area contributed by atoms with Crippen LogP contribution in [0.4, 0.5) is 0 Å². The van der Waals surface area contributed by atoms with E-state index in [2.05, 4.69) is 10.1 Å². The number of amides is 1. The number of rotatable bonds is 6. The van der Waals surface area contributed by atoms with Gasteiger partial charge in [0.2, 0.25) is 0 Å². The predicted octanol–water partition coefficient (Wildman–Crippen LogP) is 3.91. The van der Waals surface area contributed by atoms with Gasteiger partial charge in [-0.2, -0.15) is 5.10 Å². The van der Waals surface area contributed by atoms with Gasteiger partial charge in [-0.25, -0.2) is 9.67 Å². The number of aromatic nitrogens is 3. The Bertz CT molecular complexity index is 936. The van der Waals surface area contributed by atoms with Gasteiger partial charge in [0, 0.05) is 23.7 Å². The lowest BCUT2D eigenvalue weighted by Gasteiger charge is -2.32. The highest BCUT2D eigenvalue weighted by molar-refractivity contribution is 6.30. The molecule has 0 saturated carbocycles. The summed E-state index contributed by atoms with van der Waals surface area (Å²) >= 11 is 5.90. The van der Waals surface area contributed by atoms with Crippen molar-refractivity contribution < 1.29 is 9.53 Å². The van der Waals surface area contributed by atoms with E-state index in [0.717, 1.165) is 42.8 Å². The van der Waals surface area contributed by atoms with Gasteiger partial charge in [-0.3, -0.25) is 4.79 Å². The molecule has 1 amide bonds. The zero-order valence-corrected chi connectivity index (χ0v) is 16.8. The minimum atomic E-state index is 0.0857. The summed E-state index contributed by atoms with van der Waals surface area (Å²) < 4.78 is 7.62. The molecule has 150 valence electrons. The Morgan fingerprint density at radius 2 is 1.93 bits per heavy atom. The Morgan fingerprint density at radius 3 is 2.66 bits per heavy atom. The third kappa shape index (κ3) is 5.15. The number of carbonyl (C=O) groups excluding carboxylic acids is 1. The molecule has 6 nitrogen and oxygen atoms in total. The monoisotopic (exact) mass is 410 g/mol. The molecule has 1 fully saturated rings. The quantitative estimate of drug-likeness (QED) is 0.618. The van der Waals surface area contributed by atoms with Crippen LogP contribution in [0.15, 0.2) is 61.2 Å². The van der Waals surface area contributed by atoms with Gasteiger partial charge in [-0.15, -0.1) is 0 Å². The van der Waals surface area contributed by atoms with Crippen molar-refractivity contribution in [3.8, 4) is 5.75 Å². The molecule has 0 bridgehead atoms. The third-order valence-corrected chi connectivity index (χ3v) is 5.44. The van der Waals surface area contributed by atoms with Gasteiger partial charge >= 0.3 is 0 Å². The Kier molecular flexibility index (Phi) is 6.10. The number of hydrogen-bond donors (Lipinski definition) is 0. The molecule has 0 radical (unpaired) electrons. The van der Waals surface area contributed by atoms with E-state index in [1.165, 1.54) is 6.33 Å². The molecule has 0 atom stereocenters. The van der Waals surface area contributed by atoms with Crippen molar-refractivity contribution in [2.75, 3.05) is 19.7 Å². The SMILES string of the molecule is O=C(c1cccc(Cn2cncn2)c1)N1CCC(COc2ccc(Cl)cc2)CC1. The molecule has 1 aromatic heterocycles. The minimum Gasteiger partial charge on any atom is -0.493 e. The summed E-state index contributed by atoms with van der Waals surface area (Å²) in [6.07, 6.45) is 5.07. The van der Waals surface area contributed by atoms with Gasteiger partial charge in [0.05, 0.1) is 13.2 Å². The van der Waals surface area contributed by atoms with Crippen molar-refractivity contribution in [1.82, 2.24) is 19.7 Å². The van der Waals surface area contributed by atoms with E-state index in [0.29, 0.717) is 24.1 Å². The lowest BCUT2D eigenvalue weighted by atomic mass is 9.97. The summed E-state index contributed by atoms with van der Waals surface area (Å²) in [5, 5.41) is 4.82. The lowest BCUT2D eigenvalue weighted by Crippen LogP contribution is -2.39. The zero-order valence-electron chi connectivity index (χ0n) is 16.1. The van der Waals surface area contributed by atoms with Gasteiger partial charge in [0.15, 0.2) is 0 Å². The van der Waals surface area contributed by atoms with Gasteiger partial charge in [0.25, 0.3) is 5.91 Å². The Morgan fingerprint density at radius 1 is 1.14 bits per heavy atom. The minimum absolute atomic E-state index is 0.0857. The standard InChI is InChI=1S/C22H23ClN4O2/c23-20-4-6-21(7-5-20)29-14-17-8-10-26(11-9-17)22(28)19-3-1-2-18(12-19)13-27-16-24-15-25-27/h1-7,12,15-17H,8-11,13-14H2. The van der Waals surface area contributed by atoms with Crippen LogP contribution in [0.5, 0.6) is 5.75 Å². The van der Waals surface area contributed by atoms with E-state index < -0.39 is 0 Å². The first-order valence-corrected chi connectivity index (χ1v) is 10.1. The number of halogens is 1. The summed E-state index contributed by atoms with van der Waals surface area (Å²) in [5.74, 6) is 1.37. The summed E-state index contributed by atoms with van der Waals surface area (Å²) in [4.78, 5) is 18.8. The predicted molar refractivity (Wildman–Crippen MR) is 111 cm³/mol. The Labute approximate surface area is 175 Å². The van der Waals surface area contributed by atoms with Gasteiger partial charge in [-0.1, -0.05) is 23.7 Å². The summed E-state index contributed by atoms with van der Waals surface area (Å²) in [6.45, 7) is 2.77. The highest BCUT2D eigenvalue weighted by atomic mass is 35.5. The average Bonchev–Trinajstić information content (AvgIpc) is 3.26. The first-order chi connectivity index (χ1) is 14.2. The average molecular weight is 411 g/mol. The molecule has 0 spiro atoms. The van der Waals surface area contributed by atoms with Crippen molar-refractivity contribution in [1.29, 1.82) is 0 Å². The smallest absolute Gasteiger partial charge is 0.253 e. The largest absolute Gasteiger partial charge is 0.493 e. The van der Waals surface area contributed by atoms with Gasteiger partial charge < -0.3 is 9.64 Å². The molecule has 2 heterocycles. The fourth-order valence-electron chi connectivity index (χ4n) is 3.53. The number of carbonyl (C=O) groups is 1. The number of likely N-dealkylation sites (tertiary alicyclic amines) is 1. The molecule has 1 aliphatic rings. The van der Waals surface area contributed by atoms with Crippen molar-refractivity contribution in [3.05, 3.63) is 77.3 Å². The van der Waals surface area contributed by atoms with E-state index in [1.807, 2.05) is 53.4 Å². The van der Waals surface area contributed by atoms with Gasteiger partial charge in [0.1, 0.15) is 18.4 Å². The second-order valence-electron chi connectivity index (χ2n) is 7.29. The van der Waals surface area contributed by atoms with Crippen molar-refractivity contribution in [2.45, 2.75) is 19.4 Å². The molecule has 2 aromatic carbocycles. The van der Waals surface area contributed by atoms with E-state index in [-0.39, 0.29) is 5.91 Å². The van der Waals surface area contributed by atoms with E-state index >= 15 is 0 Å². The van der Waals surface area contributed by atoms with E-state index in [9.17, 15) is 4.79 Å². The molecule has 3 aromatic rings. The molecule has 0 N–H and O–H groups in total. The summed E-state index contributed by atoms with van der Waals surface area (Å²) in [5.41, 5.74) is 1.76. The maximum atomic E-state index is 12.9.